The van der Waals surface area contributed by atoms with Crippen molar-refractivity contribution in [1.82, 2.24) is 10.2 Å². The van der Waals surface area contributed by atoms with E-state index in [0.29, 0.717) is 32.9 Å². The van der Waals surface area contributed by atoms with Gasteiger partial charge in [-0.15, -0.1) is 0 Å². The smallest absolute Gasteiger partial charge is 0.410 e. The minimum absolute atomic E-state index is 0.101. The number of nitrogens with zero attached hydrogens (tertiary/aromatic N) is 1. The Morgan fingerprint density at radius 1 is 1.04 bits per heavy atom. The quantitative estimate of drug-likeness (QED) is 0.147. The fraction of sp³-hybridized carbons (Fsp3) is 0.537. The summed E-state index contributed by atoms with van der Waals surface area (Å²) in [5.74, 6) is 1.79. The summed E-state index contributed by atoms with van der Waals surface area (Å²) in [5.41, 5.74) is 5.42. The molecule has 3 atom stereocenters. The third kappa shape index (κ3) is 10.9. The highest BCUT2D eigenvalue weighted by molar-refractivity contribution is 5.68. The maximum Gasteiger partial charge on any atom is 0.410 e. The van der Waals surface area contributed by atoms with Gasteiger partial charge in [-0.1, -0.05) is 42.5 Å². The lowest BCUT2D eigenvalue weighted by molar-refractivity contribution is -0.0680. The van der Waals surface area contributed by atoms with Crippen molar-refractivity contribution in [3.8, 4) is 11.5 Å². The van der Waals surface area contributed by atoms with E-state index >= 15 is 0 Å². The van der Waals surface area contributed by atoms with Gasteiger partial charge in [-0.2, -0.15) is 0 Å². The molecular formula is C41H57N3O6. The Labute approximate surface area is 299 Å². The number of likely N-dealkylation sites (tertiary alicyclic amines) is 1. The van der Waals surface area contributed by atoms with Crippen LogP contribution in [0.15, 0.2) is 66.7 Å². The van der Waals surface area contributed by atoms with Crippen molar-refractivity contribution in [3.05, 3.63) is 89.0 Å². The molecule has 9 heteroatoms. The third-order valence-electron chi connectivity index (χ3n) is 9.35. The summed E-state index contributed by atoms with van der Waals surface area (Å²) in [6.07, 6.45) is 5.09. The molecule has 272 valence electrons. The van der Waals surface area contributed by atoms with Gasteiger partial charge in [-0.25, -0.2) is 4.79 Å². The highest BCUT2D eigenvalue weighted by atomic mass is 16.6. The second-order valence-electron chi connectivity index (χ2n) is 14.3. The molecule has 0 radical (unpaired) electrons. The minimum atomic E-state index is -0.562. The predicted molar refractivity (Wildman–Crippen MR) is 198 cm³/mol. The van der Waals surface area contributed by atoms with E-state index in [0.717, 1.165) is 68.7 Å². The Morgan fingerprint density at radius 2 is 1.86 bits per heavy atom. The highest BCUT2D eigenvalue weighted by Crippen LogP contribution is 2.37. The normalized spacial score (nSPS) is 18.1. The highest BCUT2D eigenvalue weighted by Gasteiger charge is 2.37. The second kappa shape index (κ2) is 18.4. The first kappa shape index (κ1) is 37.5. The second-order valence-corrected chi connectivity index (χ2v) is 14.3. The third-order valence-corrected chi connectivity index (χ3v) is 9.35. The summed E-state index contributed by atoms with van der Waals surface area (Å²) >= 11 is 0. The number of benzene rings is 3. The number of amides is 1. The van der Waals surface area contributed by atoms with Gasteiger partial charge < -0.3 is 39.2 Å². The van der Waals surface area contributed by atoms with Crippen LogP contribution in [0.1, 0.15) is 87.2 Å². The summed E-state index contributed by atoms with van der Waals surface area (Å²) in [6.45, 7) is 10.4. The summed E-state index contributed by atoms with van der Waals surface area (Å²) in [7, 11) is 3.66. The van der Waals surface area contributed by atoms with Gasteiger partial charge in [0.2, 0.25) is 0 Å². The molecule has 1 amide bonds. The van der Waals surface area contributed by atoms with Crippen molar-refractivity contribution in [3.63, 3.8) is 0 Å². The van der Waals surface area contributed by atoms with Crippen molar-refractivity contribution in [2.24, 2.45) is 0 Å². The van der Waals surface area contributed by atoms with Crippen molar-refractivity contribution in [2.45, 2.75) is 89.6 Å². The molecule has 2 N–H and O–H groups in total. The van der Waals surface area contributed by atoms with E-state index in [2.05, 4.69) is 41.0 Å². The number of rotatable bonds is 16. The molecule has 0 aliphatic carbocycles. The Bertz CT molecular complexity index is 1490. The van der Waals surface area contributed by atoms with Crippen LogP contribution in [0.2, 0.25) is 0 Å². The van der Waals surface area contributed by atoms with Crippen LogP contribution in [0.3, 0.4) is 0 Å². The zero-order valence-corrected chi connectivity index (χ0v) is 30.7. The molecule has 0 bridgehead atoms. The topological polar surface area (TPSA) is 90.5 Å². The number of ether oxygens (including phenoxy) is 5. The fourth-order valence-corrected chi connectivity index (χ4v) is 6.76. The van der Waals surface area contributed by atoms with Crippen LogP contribution in [0, 0.1) is 0 Å². The molecule has 5 rings (SSSR count). The zero-order chi connectivity index (χ0) is 35.3. The summed E-state index contributed by atoms with van der Waals surface area (Å²) in [4.78, 5) is 15.1. The molecule has 0 saturated carbocycles. The first-order chi connectivity index (χ1) is 24.2. The number of piperidine rings is 1. The number of methoxy groups -OCH3 is 1. The lowest BCUT2D eigenvalue weighted by atomic mass is 9.86. The molecule has 0 spiro atoms. The van der Waals surface area contributed by atoms with Crippen LogP contribution >= 0.6 is 0 Å². The van der Waals surface area contributed by atoms with Gasteiger partial charge in [0, 0.05) is 36.7 Å². The number of hydrogen-bond donors (Lipinski definition) is 2. The van der Waals surface area contributed by atoms with Gasteiger partial charge in [-0.05, 0) is 107 Å². The average Bonchev–Trinajstić information content (AvgIpc) is 3.12. The molecule has 3 aromatic rings. The van der Waals surface area contributed by atoms with Gasteiger partial charge in [0.1, 0.15) is 17.1 Å². The number of nitrogens with one attached hydrogen (secondary N) is 2. The van der Waals surface area contributed by atoms with Gasteiger partial charge >= 0.3 is 6.09 Å². The van der Waals surface area contributed by atoms with Crippen LogP contribution in [0.5, 0.6) is 11.5 Å². The van der Waals surface area contributed by atoms with Gasteiger partial charge in [0.15, 0.2) is 0 Å². The molecule has 2 aliphatic rings. The lowest BCUT2D eigenvalue weighted by Gasteiger charge is -2.40. The Balaban J connectivity index is 1.24. The van der Waals surface area contributed by atoms with Crippen molar-refractivity contribution >= 4 is 11.8 Å². The van der Waals surface area contributed by atoms with Crippen molar-refractivity contribution < 1.29 is 28.5 Å². The Kier molecular flexibility index (Phi) is 13.8. The van der Waals surface area contributed by atoms with E-state index < -0.39 is 5.60 Å². The number of anilines is 1. The lowest BCUT2D eigenvalue weighted by Crippen LogP contribution is -2.48. The van der Waals surface area contributed by atoms with E-state index in [1.54, 1.807) is 7.11 Å². The molecular weight excluding hydrogens is 630 g/mol. The number of carbonyl (C=O) groups is 1. The van der Waals surface area contributed by atoms with Crippen LogP contribution in [0.25, 0.3) is 0 Å². The molecule has 3 aromatic carbocycles. The van der Waals surface area contributed by atoms with Gasteiger partial charge in [0.25, 0.3) is 0 Å². The molecule has 0 aromatic heterocycles. The largest absolute Gasteiger partial charge is 0.496 e. The fourth-order valence-electron chi connectivity index (χ4n) is 6.76. The van der Waals surface area contributed by atoms with Crippen molar-refractivity contribution in [2.75, 3.05) is 58.9 Å². The summed E-state index contributed by atoms with van der Waals surface area (Å²) < 4.78 is 30.3. The number of hydrogen-bond acceptors (Lipinski definition) is 8. The molecule has 9 nitrogen and oxygen atoms in total. The maximum absolute atomic E-state index is 13.2. The van der Waals surface area contributed by atoms with E-state index in [-0.39, 0.29) is 24.2 Å². The monoisotopic (exact) mass is 687 g/mol. The molecule has 2 heterocycles. The van der Waals surface area contributed by atoms with Crippen LogP contribution in [-0.2, 0) is 27.2 Å². The first-order valence-corrected chi connectivity index (χ1v) is 18.3. The maximum atomic E-state index is 13.2. The summed E-state index contributed by atoms with van der Waals surface area (Å²) in [5, 5.41) is 6.87. The van der Waals surface area contributed by atoms with E-state index in [1.165, 1.54) is 22.4 Å². The zero-order valence-electron chi connectivity index (χ0n) is 30.7. The Hall–Kier alpha value is -3.79. The average molecular weight is 688 g/mol. The van der Waals surface area contributed by atoms with E-state index in [4.69, 9.17) is 23.7 Å². The van der Waals surface area contributed by atoms with E-state index in [9.17, 15) is 4.79 Å². The predicted octanol–water partition coefficient (Wildman–Crippen LogP) is 7.89. The molecule has 1 fully saturated rings. The van der Waals surface area contributed by atoms with Gasteiger partial charge in [0.05, 0.1) is 45.7 Å². The number of fused-ring (bicyclic) bond motifs is 1. The van der Waals surface area contributed by atoms with E-state index in [1.807, 2.05) is 69.1 Å². The number of aryl methyl sites for hydroxylation is 1. The number of para-hydroxylation sites is 1. The standard InChI is InChI=1S/C41H57N3O6/c1-41(2,3)50-40(45)44-24-21-35(30-17-19-34(20-18-30)48-26-10-25-47-29-33-11-6-7-13-37(33)46-5)39(28-44)49-38(14-9-22-42-4)32-16-15-31-12-8-23-43-36(31)27-32/h6-7,11,13,15-20,27,35,38-39,42-43H,8-10,12,14,21-26,28-29H2,1-5H3. The van der Waals surface area contributed by atoms with Crippen LogP contribution < -0.4 is 20.1 Å². The van der Waals surface area contributed by atoms with Crippen LogP contribution in [-0.4, -0.2) is 76.2 Å². The Morgan fingerprint density at radius 3 is 2.64 bits per heavy atom. The van der Waals surface area contributed by atoms with Crippen LogP contribution in [0.4, 0.5) is 10.5 Å². The first-order valence-electron chi connectivity index (χ1n) is 18.3. The minimum Gasteiger partial charge on any atom is -0.496 e. The molecule has 3 unspecified atom stereocenters. The summed E-state index contributed by atoms with van der Waals surface area (Å²) in [6, 6.07) is 23.1. The molecule has 2 aliphatic heterocycles. The van der Waals surface area contributed by atoms with Gasteiger partial charge in [-0.3, -0.25) is 0 Å². The number of carbonyl (C=O) groups excluding carboxylic acids is 1. The van der Waals surface area contributed by atoms with Crippen molar-refractivity contribution in [1.29, 1.82) is 0 Å². The molecule has 50 heavy (non-hydrogen) atoms. The SMILES string of the molecule is CNCCCC(OC1CN(C(=O)OC(C)(C)C)CCC1c1ccc(OCCCOCc2ccccc2OC)cc1)c1ccc2c(c1)NCCC2. The molecule has 1 saturated heterocycles.